The van der Waals surface area contributed by atoms with Gasteiger partial charge in [-0.25, -0.2) is 0 Å². The van der Waals surface area contributed by atoms with E-state index < -0.39 is 0 Å². The van der Waals surface area contributed by atoms with Crippen molar-refractivity contribution in [3.8, 4) is 0 Å². The van der Waals surface area contributed by atoms with E-state index in [2.05, 4.69) is 4.90 Å². The molecule has 4 nitrogen and oxygen atoms in total. The largest absolute Gasteiger partial charge is 0.469 e. The van der Waals surface area contributed by atoms with Crippen molar-refractivity contribution in [2.75, 3.05) is 21.2 Å². The number of hydrogen-bond donors (Lipinski definition) is 0. The molecule has 0 fully saturated rings. The summed E-state index contributed by atoms with van der Waals surface area (Å²) >= 11 is 12.2. The molecule has 0 N–H and O–H groups in total. The van der Waals surface area contributed by atoms with Gasteiger partial charge >= 0.3 is 5.97 Å². The first kappa shape index (κ1) is 16.1. The van der Waals surface area contributed by atoms with Gasteiger partial charge in [0.1, 0.15) is 0 Å². The summed E-state index contributed by atoms with van der Waals surface area (Å²) in [7, 11) is 5.41. The first-order valence-electron chi connectivity index (χ1n) is 6.60. The van der Waals surface area contributed by atoms with Crippen LogP contribution in [0.4, 0.5) is 0 Å². The second-order valence-corrected chi connectivity index (χ2v) is 6.01. The Labute approximate surface area is 134 Å². The molecule has 2 aromatic rings. The van der Waals surface area contributed by atoms with Crippen molar-refractivity contribution in [3.05, 3.63) is 33.9 Å². The number of carbonyl (C=O) groups is 1. The Kier molecular flexibility index (Phi) is 5.14. The molecule has 0 aliphatic rings. The Hall–Kier alpha value is -1.23. The van der Waals surface area contributed by atoms with Crippen LogP contribution in [0.3, 0.4) is 0 Å². The van der Waals surface area contributed by atoms with E-state index in [-0.39, 0.29) is 5.97 Å². The predicted octanol–water partition coefficient (Wildman–Crippen LogP) is 3.57. The first-order valence-corrected chi connectivity index (χ1v) is 7.36. The number of esters is 1. The van der Waals surface area contributed by atoms with Crippen molar-refractivity contribution in [2.45, 2.75) is 19.5 Å². The van der Waals surface area contributed by atoms with E-state index in [1.54, 1.807) is 0 Å². The minimum absolute atomic E-state index is 0.230. The van der Waals surface area contributed by atoms with E-state index in [0.717, 1.165) is 23.0 Å². The van der Waals surface area contributed by atoms with Crippen molar-refractivity contribution in [3.63, 3.8) is 0 Å². The zero-order valence-corrected chi connectivity index (χ0v) is 13.8. The summed E-state index contributed by atoms with van der Waals surface area (Å²) < 4.78 is 6.71. The van der Waals surface area contributed by atoms with Gasteiger partial charge < -0.3 is 14.2 Å². The molecule has 0 spiro atoms. The van der Waals surface area contributed by atoms with Crippen LogP contribution in [0.1, 0.15) is 12.0 Å². The molecule has 0 aliphatic heterocycles. The number of aromatic nitrogens is 1. The van der Waals surface area contributed by atoms with Gasteiger partial charge in [-0.15, -0.1) is 0 Å². The van der Waals surface area contributed by atoms with Crippen LogP contribution in [0.25, 0.3) is 10.9 Å². The zero-order valence-electron chi connectivity index (χ0n) is 12.3. The predicted molar refractivity (Wildman–Crippen MR) is 86.0 cm³/mol. The Morgan fingerprint density at radius 1 is 1.29 bits per heavy atom. The highest BCUT2D eigenvalue weighted by atomic mass is 35.5. The Morgan fingerprint density at radius 3 is 2.57 bits per heavy atom. The first-order chi connectivity index (χ1) is 9.92. The number of nitrogens with zero attached hydrogens (tertiary/aromatic N) is 2. The molecule has 0 amide bonds. The maximum absolute atomic E-state index is 11.3. The van der Waals surface area contributed by atoms with Gasteiger partial charge in [-0.1, -0.05) is 23.2 Å². The lowest BCUT2D eigenvalue weighted by Gasteiger charge is -2.08. The standard InChI is InChI=1S/C15H18Cl2N2O2/c1-18(2)8-10-9-19(5-4-15(20)21-3)14-7-13(17)12(16)6-11(10)14/h6-7,9H,4-5,8H2,1-3H3. The number of fused-ring (bicyclic) bond motifs is 1. The van der Waals surface area contributed by atoms with Crippen molar-refractivity contribution in [2.24, 2.45) is 0 Å². The molecule has 1 aromatic carbocycles. The molecule has 1 heterocycles. The fraction of sp³-hybridized carbons (Fsp3) is 0.400. The molecule has 0 aliphatic carbocycles. The number of aryl methyl sites for hydroxylation is 1. The van der Waals surface area contributed by atoms with Gasteiger partial charge in [0.05, 0.1) is 23.6 Å². The lowest BCUT2D eigenvalue weighted by Crippen LogP contribution is -2.10. The number of rotatable bonds is 5. The molecule has 114 valence electrons. The van der Waals surface area contributed by atoms with Crippen LogP contribution in [-0.2, 0) is 22.6 Å². The highest BCUT2D eigenvalue weighted by molar-refractivity contribution is 6.42. The van der Waals surface area contributed by atoms with Crippen LogP contribution in [0.15, 0.2) is 18.3 Å². The van der Waals surface area contributed by atoms with Crippen LogP contribution in [0, 0.1) is 0 Å². The number of halogens is 2. The van der Waals surface area contributed by atoms with Gasteiger partial charge in [0.2, 0.25) is 0 Å². The van der Waals surface area contributed by atoms with Gasteiger partial charge in [0.25, 0.3) is 0 Å². The molecule has 6 heteroatoms. The van der Waals surface area contributed by atoms with E-state index in [4.69, 9.17) is 27.9 Å². The van der Waals surface area contributed by atoms with Gasteiger partial charge in [-0.3, -0.25) is 4.79 Å². The number of methoxy groups -OCH3 is 1. The Morgan fingerprint density at radius 2 is 1.95 bits per heavy atom. The fourth-order valence-corrected chi connectivity index (χ4v) is 2.65. The van der Waals surface area contributed by atoms with E-state index in [1.165, 1.54) is 7.11 Å². The molecule has 0 radical (unpaired) electrons. The van der Waals surface area contributed by atoms with Crippen molar-refractivity contribution in [1.29, 1.82) is 0 Å². The summed E-state index contributed by atoms with van der Waals surface area (Å²) in [6.07, 6.45) is 2.36. The second-order valence-electron chi connectivity index (χ2n) is 5.20. The van der Waals surface area contributed by atoms with Gasteiger partial charge in [0.15, 0.2) is 0 Å². The summed E-state index contributed by atoms with van der Waals surface area (Å²) in [6.45, 7) is 1.34. The van der Waals surface area contributed by atoms with Crippen LogP contribution < -0.4 is 0 Å². The van der Waals surface area contributed by atoms with Crippen molar-refractivity contribution >= 4 is 40.1 Å². The van der Waals surface area contributed by atoms with Gasteiger partial charge in [-0.2, -0.15) is 0 Å². The SMILES string of the molecule is COC(=O)CCn1cc(CN(C)C)c2cc(Cl)c(Cl)cc21. The number of benzene rings is 1. The minimum Gasteiger partial charge on any atom is -0.469 e. The third-order valence-electron chi connectivity index (χ3n) is 3.28. The van der Waals surface area contributed by atoms with E-state index in [9.17, 15) is 4.79 Å². The molecular weight excluding hydrogens is 311 g/mol. The van der Waals surface area contributed by atoms with Crippen LogP contribution in [-0.4, -0.2) is 36.6 Å². The third kappa shape index (κ3) is 3.70. The second kappa shape index (κ2) is 6.69. The van der Waals surface area contributed by atoms with E-state index in [0.29, 0.717) is 23.0 Å². The maximum Gasteiger partial charge on any atom is 0.307 e. The highest BCUT2D eigenvalue weighted by Gasteiger charge is 2.13. The number of carbonyl (C=O) groups excluding carboxylic acids is 1. The lowest BCUT2D eigenvalue weighted by molar-refractivity contribution is -0.140. The van der Waals surface area contributed by atoms with E-state index in [1.807, 2.05) is 37.0 Å². The van der Waals surface area contributed by atoms with Crippen LogP contribution in [0.2, 0.25) is 10.0 Å². The number of ether oxygens (including phenoxy) is 1. The lowest BCUT2D eigenvalue weighted by atomic mass is 10.1. The molecular formula is C15H18Cl2N2O2. The zero-order chi connectivity index (χ0) is 15.6. The molecule has 1 aromatic heterocycles. The summed E-state index contributed by atoms with van der Waals surface area (Å²) in [6, 6.07) is 3.72. The molecule has 0 saturated heterocycles. The highest BCUT2D eigenvalue weighted by Crippen LogP contribution is 2.31. The topological polar surface area (TPSA) is 34.5 Å². The summed E-state index contributed by atoms with van der Waals surface area (Å²) in [4.78, 5) is 13.4. The van der Waals surface area contributed by atoms with Gasteiger partial charge in [-0.05, 0) is 31.8 Å². The van der Waals surface area contributed by atoms with Gasteiger partial charge in [0, 0.05) is 30.2 Å². The molecule has 0 bridgehead atoms. The van der Waals surface area contributed by atoms with E-state index >= 15 is 0 Å². The monoisotopic (exact) mass is 328 g/mol. The average molecular weight is 329 g/mol. The molecule has 2 rings (SSSR count). The van der Waals surface area contributed by atoms with Crippen LogP contribution >= 0.6 is 23.2 Å². The third-order valence-corrected chi connectivity index (χ3v) is 4.00. The molecule has 21 heavy (non-hydrogen) atoms. The minimum atomic E-state index is -0.230. The number of hydrogen-bond acceptors (Lipinski definition) is 3. The summed E-state index contributed by atoms with van der Waals surface area (Å²) in [5, 5.41) is 2.11. The average Bonchev–Trinajstić information content (AvgIpc) is 2.73. The fourth-order valence-electron chi connectivity index (χ4n) is 2.32. The van der Waals surface area contributed by atoms with Crippen molar-refractivity contribution in [1.82, 2.24) is 9.47 Å². The normalized spacial score (nSPS) is 11.3. The Balaban J connectivity index is 2.44. The summed E-state index contributed by atoms with van der Waals surface area (Å²) in [5.41, 5.74) is 2.13. The maximum atomic E-state index is 11.3. The summed E-state index contributed by atoms with van der Waals surface area (Å²) in [5.74, 6) is -0.230. The van der Waals surface area contributed by atoms with Crippen LogP contribution in [0.5, 0.6) is 0 Å². The molecule has 0 atom stereocenters. The molecule has 0 unspecified atom stereocenters. The smallest absolute Gasteiger partial charge is 0.307 e. The molecule has 0 saturated carbocycles. The van der Waals surface area contributed by atoms with Crippen molar-refractivity contribution < 1.29 is 9.53 Å². The Bertz CT molecular complexity index is 665. The quantitative estimate of drug-likeness (QED) is 0.787.